The van der Waals surface area contributed by atoms with E-state index in [1.54, 1.807) is 20.3 Å². The molecule has 0 aromatic carbocycles. The van der Waals surface area contributed by atoms with Crippen molar-refractivity contribution in [3.63, 3.8) is 0 Å². The molecule has 3 heterocycles. The molecule has 0 bridgehead atoms. The van der Waals surface area contributed by atoms with Gasteiger partial charge >= 0.3 is 0 Å². The number of nitrogens with two attached hydrogens (primary N) is 1. The first-order valence-electron chi connectivity index (χ1n) is 6.55. The molecule has 4 atom stereocenters. The number of ether oxygens (including phenoxy) is 1. The zero-order chi connectivity index (χ0) is 15.3. The molecule has 1 fully saturated rings. The molecule has 21 heavy (non-hydrogen) atoms. The minimum atomic E-state index is -1.20. The summed E-state index contributed by atoms with van der Waals surface area (Å²) < 4.78 is 7.08. The molecule has 2 aromatic heterocycles. The molecule has 0 aliphatic carbocycles. The van der Waals surface area contributed by atoms with Crippen LogP contribution in [0.3, 0.4) is 0 Å². The van der Waals surface area contributed by atoms with E-state index in [1.807, 2.05) is 0 Å². The van der Waals surface area contributed by atoms with Crippen molar-refractivity contribution in [1.82, 2.24) is 19.5 Å². The average molecular weight is 291 g/mol. The number of imidazole rings is 1. The Morgan fingerprint density at radius 1 is 1.19 bits per heavy atom. The standard InChI is InChI=1S/C10H15B2N5O4/c11-9-15-6(13)3-7(16-9)17(10(12)14-3)8-5(20)4(19)2(1-18)21-8/h2,4-5,8,18-20H,1,11-12H2,(H2,13,15,16)/t2-,4+,5-,8-/m1/s1. The zero-order valence-electron chi connectivity index (χ0n) is 11.6. The van der Waals surface area contributed by atoms with E-state index < -0.39 is 31.1 Å². The Balaban J connectivity index is 2.15. The summed E-state index contributed by atoms with van der Waals surface area (Å²) in [5.74, 6) is 0.242. The molecule has 9 nitrogen and oxygen atoms in total. The second-order valence-corrected chi connectivity index (χ2v) is 5.09. The Labute approximate surface area is 121 Å². The lowest BCUT2D eigenvalue weighted by atomic mass is 10.1. The van der Waals surface area contributed by atoms with Gasteiger partial charge in [0.1, 0.15) is 23.8 Å². The van der Waals surface area contributed by atoms with Gasteiger partial charge in [-0.15, -0.1) is 0 Å². The predicted octanol–water partition coefficient (Wildman–Crippen LogP) is -5.46. The fourth-order valence-corrected chi connectivity index (χ4v) is 2.62. The van der Waals surface area contributed by atoms with Gasteiger partial charge in [0.15, 0.2) is 33.4 Å². The quantitative estimate of drug-likeness (QED) is 0.402. The van der Waals surface area contributed by atoms with Crippen LogP contribution in [0.4, 0.5) is 5.82 Å². The molecule has 0 amide bonds. The Bertz CT molecular complexity index is 696. The molecule has 1 aliphatic rings. The normalized spacial score (nSPS) is 29.3. The summed E-state index contributed by atoms with van der Waals surface area (Å²) in [6.07, 6.45) is -4.13. The number of nitrogen functional groups attached to an aromatic ring is 1. The zero-order valence-corrected chi connectivity index (χ0v) is 11.6. The highest BCUT2D eigenvalue weighted by atomic mass is 16.6. The van der Waals surface area contributed by atoms with Crippen LogP contribution in [0.5, 0.6) is 0 Å². The molecule has 0 spiro atoms. The van der Waals surface area contributed by atoms with Gasteiger partial charge in [-0.2, -0.15) is 0 Å². The summed E-state index contributed by atoms with van der Waals surface area (Å²) in [5, 5.41) is 29.2. The summed E-state index contributed by atoms with van der Waals surface area (Å²) in [6.45, 7) is -0.392. The Hall–Kier alpha value is -1.68. The van der Waals surface area contributed by atoms with Crippen LogP contribution < -0.4 is 17.2 Å². The van der Waals surface area contributed by atoms with E-state index >= 15 is 0 Å². The van der Waals surface area contributed by atoms with Gasteiger partial charge < -0.3 is 25.8 Å². The minimum absolute atomic E-state index is 0.242. The van der Waals surface area contributed by atoms with Gasteiger partial charge in [0.05, 0.1) is 18.1 Å². The van der Waals surface area contributed by atoms with E-state index in [2.05, 4.69) is 15.0 Å². The van der Waals surface area contributed by atoms with Crippen LogP contribution in [0.2, 0.25) is 0 Å². The molecular weight excluding hydrogens is 276 g/mol. The summed E-state index contributed by atoms with van der Waals surface area (Å²) in [4.78, 5) is 12.6. The molecule has 1 aliphatic heterocycles. The van der Waals surface area contributed by atoms with E-state index in [0.717, 1.165) is 0 Å². The largest absolute Gasteiger partial charge is 0.394 e. The fourth-order valence-electron chi connectivity index (χ4n) is 2.62. The molecule has 5 N–H and O–H groups in total. The molecular formula is C10H15B2N5O4. The van der Waals surface area contributed by atoms with Gasteiger partial charge in [-0.05, 0) is 0 Å². The van der Waals surface area contributed by atoms with E-state index in [1.165, 1.54) is 0 Å². The van der Waals surface area contributed by atoms with Crippen LogP contribution in [0.1, 0.15) is 6.23 Å². The highest BCUT2D eigenvalue weighted by Gasteiger charge is 2.44. The molecule has 3 rings (SSSR count). The Morgan fingerprint density at radius 3 is 2.52 bits per heavy atom. The van der Waals surface area contributed by atoms with Crippen LogP contribution in [-0.2, 0) is 4.74 Å². The first kappa shape index (κ1) is 14.3. The molecule has 0 unspecified atom stereocenters. The lowest BCUT2D eigenvalue weighted by Crippen LogP contribution is -2.35. The van der Waals surface area contributed by atoms with Crippen LogP contribution >= 0.6 is 0 Å². The molecule has 2 aromatic rings. The third-order valence-corrected chi connectivity index (χ3v) is 3.63. The monoisotopic (exact) mass is 291 g/mol. The third kappa shape index (κ3) is 2.09. The van der Waals surface area contributed by atoms with Gasteiger partial charge in [0, 0.05) is 0 Å². The number of hydrogen-bond acceptors (Lipinski definition) is 8. The van der Waals surface area contributed by atoms with Gasteiger partial charge in [-0.1, -0.05) is 0 Å². The maximum absolute atomic E-state index is 10.1. The number of anilines is 1. The number of rotatable bonds is 2. The van der Waals surface area contributed by atoms with Gasteiger partial charge in [0.2, 0.25) is 0 Å². The highest BCUT2D eigenvalue weighted by Crippen LogP contribution is 2.30. The minimum Gasteiger partial charge on any atom is -0.394 e. The number of hydrogen-bond donors (Lipinski definition) is 4. The van der Waals surface area contributed by atoms with Crippen LogP contribution in [0, 0.1) is 0 Å². The highest BCUT2D eigenvalue weighted by molar-refractivity contribution is 6.31. The van der Waals surface area contributed by atoms with Crippen molar-refractivity contribution in [3.05, 3.63) is 0 Å². The lowest BCUT2D eigenvalue weighted by Gasteiger charge is -2.18. The second-order valence-electron chi connectivity index (χ2n) is 5.09. The molecule has 110 valence electrons. The van der Waals surface area contributed by atoms with Crippen molar-refractivity contribution < 1.29 is 20.1 Å². The van der Waals surface area contributed by atoms with Crippen LogP contribution in [-0.4, -0.2) is 75.4 Å². The number of fused-ring (bicyclic) bond motifs is 1. The van der Waals surface area contributed by atoms with Crippen molar-refractivity contribution >= 4 is 44.1 Å². The summed E-state index contributed by atoms with van der Waals surface area (Å²) in [7, 11) is 3.41. The van der Waals surface area contributed by atoms with Crippen molar-refractivity contribution in [2.45, 2.75) is 24.5 Å². The Kier molecular flexibility index (Phi) is 3.36. The molecule has 1 saturated heterocycles. The summed E-state index contributed by atoms with van der Waals surface area (Å²) >= 11 is 0. The van der Waals surface area contributed by atoms with E-state index in [9.17, 15) is 15.3 Å². The maximum atomic E-state index is 10.1. The smallest absolute Gasteiger partial charge is 0.189 e. The number of aromatic nitrogens is 4. The number of aliphatic hydroxyl groups is 3. The first-order valence-corrected chi connectivity index (χ1v) is 6.55. The van der Waals surface area contributed by atoms with Crippen molar-refractivity contribution in [2.24, 2.45) is 0 Å². The van der Waals surface area contributed by atoms with Crippen molar-refractivity contribution in [2.75, 3.05) is 12.3 Å². The fraction of sp³-hybridized carbons (Fsp3) is 0.500. The number of aliphatic hydroxyl groups excluding tert-OH is 3. The predicted molar refractivity (Wildman–Crippen MR) is 79.1 cm³/mol. The maximum Gasteiger partial charge on any atom is 0.189 e. The van der Waals surface area contributed by atoms with Gasteiger partial charge in [-0.25, -0.2) is 15.0 Å². The lowest BCUT2D eigenvalue weighted by molar-refractivity contribution is -0.0497. The topological polar surface area (TPSA) is 140 Å². The van der Waals surface area contributed by atoms with E-state index in [-0.39, 0.29) is 5.82 Å². The molecule has 0 radical (unpaired) electrons. The SMILES string of the molecule is Bc1nc(N)c2nc(B)n([C@@H]3O[C@H](CO)[C@H](O)[C@H]3O)c2n1. The first-order chi connectivity index (χ1) is 9.93. The Morgan fingerprint density at radius 2 is 1.90 bits per heavy atom. The molecule has 11 heteroatoms. The molecule has 0 saturated carbocycles. The summed E-state index contributed by atoms with van der Waals surface area (Å²) in [6, 6.07) is 0. The number of nitrogens with zero attached hydrogens (tertiary/aromatic N) is 4. The van der Waals surface area contributed by atoms with Crippen molar-refractivity contribution in [1.29, 1.82) is 0 Å². The van der Waals surface area contributed by atoms with Crippen LogP contribution in [0.25, 0.3) is 11.2 Å². The second kappa shape index (κ2) is 4.95. The third-order valence-electron chi connectivity index (χ3n) is 3.63. The summed E-state index contributed by atoms with van der Waals surface area (Å²) in [5.41, 5.74) is 7.66. The van der Waals surface area contributed by atoms with Gasteiger partial charge in [0.25, 0.3) is 0 Å². The average Bonchev–Trinajstić information content (AvgIpc) is 2.89. The van der Waals surface area contributed by atoms with E-state index in [0.29, 0.717) is 22.6 Å². The van der Waals surface area contributed by atoms with Gasteiger partial charge in [-0.3, -0.25) is 4.57 Å². The van der Waals surface area contributed by atoms with E-state index in [4.69, 9.17) is 10.5 Å². The van der Waals surface area contributed by atoms with Crippen LogP contribution in [0.15, 0.2) is 0 Å². The van der Waals surface area contributed by atoms with Crippen molar-refractivity contribution in [3.8, 4) is 0 Å².